The Morgan fingerprint density at radius 2 is 1.95 bits per heavy atom. The van der Waals surface area contributed by atoms with Crippen molar-refractivity contribution in [3.8, 4) is 0 Å². The van der Waals surface area contributed by atoms with E-state index in [2.05, 4.69) is 12.2 Å². The lowest BCUT2D eigenvalue weighted by Gasteiger charge is -2.11. The molecule has 0 aliphatic carbocycles. The average molecular weight is 276 g/mol. The summed E-state index contributed by atoms with van der Waals surface area (Å²) in [5.74, 6) is -0.0569. The van der Waals surface area contributed by atoms with E-state index in [0.29, 0.717) is 12.1 Å². The first-order valence-corrected chi connectivity index (χ1v) is 7.06. The normalized spacial score (nSPS) is 12.3. The predicted octanol–water partition coefficient (Wildman–Crippen LogP) is 3.98. The lowest BCUT2D eigenvalue weighted by molar-refractivity contribution is 0.0955. The van der Waals surface area contributed by atoms with Crippen molar-refractivity contribution in [3.63, 3.8) is 0 Å². The molecule has 0 saturated carbocycles. The third-order valence-electron chi connectivity index (χ3n) is 3.12. The molecule has 2 nitrogen and oxygen atoms in total. The van der Waals surface area contributed by atoms with Crippen LogP contribution in [0.2, 0.25) is 0 Å². The number of fused-ring (bicyclic) bond motifs is 1. The van der Waals surface area contributed by atoms with Crippen molar-refractivity contribution in [1.29, 1.82) is 0 Å². The second-order valence-corrected chi connectivity index (χ2v) is 5.24. The van der Waals surface area contributed by atoms with E-state index in [1.807, 2.05) is 42.5 Å². The zero-order valence-corrected chi connectivity index (χ0v) is 11.8. The number of alkyl halides is 1. The van der Waals surface area contributed by atoms with Crippen LogP contribution >= 0.6 is 11.6 Å². The van der Waals surface area contributed by atoms with Crippen LogP contribution in [0.15, 0.2) is 42.5 Å². The number of carbonyl (C=O) groups excluding carboxylic acids is 1. The molecule has 1 unspecified atom stereocenters. The number of amides is 1. The molecular formula is C16H18ClNO. The quantitative estimate of drug-likeness (QED) is 0.822. The minimum absolute atomic E-state index is 0.00364. The van der Waals surface area contributed by atoms with Gasteiger partial charge in [0, 0.05) is 12.1 Å². The van der Waals surface area contributed by atoms with Crippen molar-refractivity contribution in [1.82, 2.24) is 5.32 Å². The Kier molecular flexibility index (Phi) is 4.80. The van der Waals surface area contributed by atoms with Gasteiger partial charge in [0.05, 0.1) is 5.38 Å². The fourth-order valence-corrected chi connectivity index (χ4v) is 2.43. The second kappa shape index (κ2) is 6.58. The SMILES string of the molecule is CCCC(Cl)CNC(=O)c1cccc2ccccc12. The van der Waals surface area contributed by atoms with Gasteiger partial charge in [0.2, 0.25) is 0 Å². The van der Waals surface area contributed by atoms with Gasteiger partial charge in [-0.3, -0.25) is 4.79 Å². The topological polar surface area (TPSA) is 29.1 Å². The molecule has 0 aromatic heterocycles. The number of rotatable bonds is 5. The number of hydrogen-bond donors (Lipinski definition) is 1. The highest BCUT2D eigenvalue weighted by Crippen LogP contribution is 2.18. The first kappa shape index (κ1) is 13.9. The number of carbonyl (C=O) groups is 1. The van der Waals surface area contributed by atoms with E-state index in [0.717, 1.165) is 23.6 Å². The van der Waals surface area contributed by atoms with E-state index in [4.69, 9.17) is 11.6 Å². The molecule has 0 aliphatic rings. The minimum Gasteiger partial charge on any atom is -0.351 e. The van der Waals surface area contributed by atoms with Gasteiger partial charge in [0.15, 0.2) is 0 Å². The third-order valence-corrected chi connectivity index (χ3v) is 3.49. The first-order valence-electron chi connectivity index (χ1n) is 6.62. The van der Waals surface area contributed by atoms with Crippen LogP contribution in [-0.4, -0.2) is 17.8 Å². The highest BCUT2D eigenvalue weighted by Gasteiger charge is 2.11. The van der Waals surface area contributed by atoms with Crippen molar-refractivity contribution in [2.75, 3.05) is 6.54 Å². The van der Waals surface area contributed by atoms with Crippen LogP contribution in [0.25, 0.3) is 10.8 Å². The molecule has 2 aromatic carbocycles. The molecule has 1 amide bonds. The maximum atomic E-state index is 12.2. The lowest BCUT2D eigenvalue weighted by Crippen LogP contribution is -2.29. The fraction of sp³-hybridized carbons (Fsp3) is 0.312. The van der Waals surface area contributed by atoms with Crippen LogP contribution in [0.4, 0.5) is 0 Å². The Morgan fingerprint density at radius 1 is 1.21 bits per heavy atom. The van der Waals surface area contributed by atoms with Gasteiger partial charge in [-0.2, -0.15) is 0 Å². The molecular weight excluding hydrogens is 258 g/mol. The van der Waals surface area contributed by atoms with E-state index >= 15 is 0 Å². The van der Waals surface area contributed by atoms with Gasteiger partial charge in [-0.05, 0) is 23.3 Å². The Balaban J connectivity index is 2.13. The van der Waals surface area contributed by atoms with Crippen LogP contribution < -0.4 is 5.32 Å². The summed E-state index contributed by atoms with van der Waals surface area (Å²) >= 11 is 6.12. The molecule has 19 heavy (non-hydrogen) atoms. The Bertz CT molecular complexity index is 562. The van der Waals surface area contributed by atoms with Crippen molar-refractivity contribution in [2.45, 2.75) is 25.1 Å². The monoisotopic (exact) mass is 275 g/mol. The summed E-state index contributed by atoms with van der Waals surface area (Å²) in [6.07, 6.45) is 1.94. The number of benzene rings is 2. The first-order chi connectivity index (χ1) is 9.22. The molecule has 0 spiro atoms. The summed E-state index contributed by atoms with van der Waals surface area (Å²) in [5.41, 5.74) is 0.707. The van der Waals surface area contributed by atoms with Gasteiger partial charge in [-0.25, -0.2) is 0 Å². The van der Waals surface area contributed by atoms with Crippen molar-refractivity contribution >= 4 is 28.3 Å². The Hall–Kier alpha value is -1.54. The molecule has 2 rings (SSSR count). The third kappa shape index (κ3) is 3.48. The summed E-state index contributed by atoms with van der Waals surface area (Å²) < 4.78 is 0. The highest BCUT2D eigenvalue weighted by atomic mass is 35.5. The molecule has 0 bridgehead atoms. The van der Waals surface area contributed by atoms with Gasteiger partial charge in [-0.15, -0.1) is 11.6 Å². The van der Waals surface area contributed by atoms with E-state index in [1.165, 1.54) is 0 Å². The maximum Gasteiger partial charge on any atom is 0.251 e. The van der Waals surface area contributed by atoms with Gasteiger partial charge in [-0.1, -0.05) is 49.7 Å². The number of nitrogens with one attached hydrogen (secondary N) is 1. The van der Waals surface area contributed by atoms with Crippen LogP contribution in [0, 0.1) is 0 Å². The van der Waals surface area contributed by atoms with Crippen LogP contribution in [0.1, 0.15) is 30.1 Å². The lowest BCUT2D eigenvalue weighted by atomic mass is 10.0. The predicted molar refractivity (Wildman–Crippen MR) is 80.8 cm³/mol. The van der Waals surface area contributed by atoms with Gasteiger partial charge < -0.3 is 5.32 Å². The zero-order chi connectivity index (χ0) is 13.7. The molecule has 3 heteroatoms. The Labute approximate surface area is 118 Å². The van der Waals surface area contributed by atoms with Crippen LogP contribution in [0.5, 0.6) is 0 Å². The van der Waals surface area contributed by atoms with E-state index in [9.17, 15) is 4.79 Å². The van der Waals surface area contributed by atoms with Crippen molar-refractivity contribution in [3.05, 3.63) is 48.0 Å². The molecule has 1 N–H and O–H groups in total. The van der Waals surface area contributed by atoms with E-state index < -0.39 is 0 Å². The van der Waals surface area contributed by atoms with Gasteiger partial charge >= 0.3 is 0 Å². The number of hydrogen-bond acceptors (Lipinski definition) is 1. The highest BCUT2D eigenvalue weighted by molar-refractivity contribution is 6.21. The van der Waals surface area contributed by atoms with Crippen LogP contribution in [0.3, 0.4) is 0 Å². The molecule has 0 aliphatic heterocycles. The summed E-state index contributed by atoms with van der Waals surface area (Å²) in [7, 11) is 0. The van der Waals surface area contributed by atoms with Gasteiger partial charge in [0.1, 0.15) is 0 Å². The molecule has 0 radical (unpaired) electrons. The van der Waals surface area contributed by atoms with E-state index in [-0.39, 0.29) is 11.3 Å². The average Bonchev–Trinajstić information content (AvgIpc) is 2.44. The minimum atomic E-state index is -0.0569. The molecule has 1 atom stereocenters. The summed E-state index contributed by atoms with van der Waals surface area (Å²) in [4.78, 5) is 12.2. The molecule has 0 heterocycles. The fourth-order valence-electron chi connectivity index (χ4n) is 2.14. The second-order valence-electron chi connectivity index (χ2n) is 4.62. The largest absolute Gasteiger partial charge is 0.351 e. The van der Waals surface area contributed by atoms with Crippen molar-refractivity contribution < 1.29 is 4.79 Å². The smallest absolute Gasteiger partial charge is 0.251 e. The standard InChI is InChI=1S/C16H18ClNO/c1-2-6-13(17)11-18-16(19)15-10-5-8-12-7-3-4-9-14(12)15/h3-5,7-10,13H,2,6,11H2,1H3,(H,18,19). The molecule has 0 saturated heterocycles. The summed E-state index contributed by atoms with van der Waals surface area (Å²) in [6, 6.07) is 13.7. The van der Waals surface area contributed by atoms with Crippen molar-refractivity contribution in [2.24, 2.45) is 0 Å². The van der Waals surface area contributed by atoms with Crippen LogP contribution in [-0.2, 0) is 0 Å². The van der Waals surface area contributed by atoms with E-state index in [1.54, 1.807) is 0 Å². The molecule has 0 fully saturated rings. The number of halogens is 1. The van der Waals surface area contributed by atoms with Gasteiger partial charge in [0.25, 0.3) is 5.91 Å². The molecule has 2 aromatic rings. The summed E-state index contributed by atoms with van der Waals surface area (Å²) in [6.45, 7) is 2.60. The Morgan fingerprint density at radius 3 is 2.74 bits per heavy atom. The zero-order valence-electron chi connectivity index (χ0n) is 11.0. The molecule has 100 valence electrons. The maximum absolute atomic E-state index is 12.2. The summed E-state index contributed by atoms with van der Waals surface area (Å²) in [5, 5.41) is 4.96.